The third-order valence-electron chi connectivity index (χ3n) is 1.27. The van der Waals surface area contributed by atoms with Crippen LogP contribution in [0.3, 0.4) is 0 Å². The smallest absolute Gasteiger partial charge is 0.293 e. The summed E-state index contributed by atoms with van der Waals surface area (Å²) in [6.07, 6.45) is 4.80. The average Bonchev–Trinajstić information content (AvgIpc) is 2.29. The summed E-state index contributed by atoms with van der Waals surface area (Å²) in [5.41, 5.74) is 0.495. The van der Waals surface area contributed by atoms with Gasteiger partial charge in [0.05, 0.1) is 17.9 Å². The Balaban J connectivity index is 2.71. The molecular weight excluding hydrogens is 166 g/mol. The minimum atomic E-state index is 0.0664. The van der Waals surface area contributed by atoms with E-state index in [4.69, 9.17) is 10.00 Å². The molecular formula is C9H11N3O. The Hall–Kier alpha value is -1.76. The predicted octanol–water partition coefficient (Wildman–Crippen LogP) is 1.29. The maximum absolute atomic E-state index is 8.58. The van der Waals surface area contributed by atoms with Gasteiger partial charge in [-0.1, -0.05) is 0 Å². The molecule has 1 heterocycles. The first kappa shape index (κ1) is 9.33. The normalized spacial score (nSPS) is 15.2. The van der Waals surface area contributed by atoms with Gasteiger partial charge in [0, 0.05) is 6.20 Å². The molecule has 0 aromatic rings. The molecule has 0 saturated carbocycles. The Kier molecular flexibility index (Phi) is 3.09. The second kappa shape index (κ2) is 4.31. The number of rotatable bonds is 1. The summed E-state index contributed by atoms with van der Waals surface area (Å²) in [5, 5.41) is 11.4. The van der Waals surface area contributed by atoms with E-state index < -0.39 is 0 Å². The number of nitrogens with one attached hydrogen (secondary N) is 1. The first-order valence-electron chi connectivity index (χ1n) is 4.00. The molecule has 0 aliphatic carbocycles. The van der Waals surface area contributed by atoms with Crippen molar-refractivity contribution < 1.29 is 4.74 Å². The van der Waals surface area contributed by atoms with Gasteiger partial charge in [0.1, 0.15) is 6.07 Å². The van der Waals surface area contributed by atoms with Crippen LogP contribution < -0.4 is 5.32 Å². The number of allylic oxidation sites excluding steroid dienone is 2. The van der Waals surface area contributed by atoms with E-state index >= 15 is 0 Å². The Bertz CT molecular complexity index is 307. The van der Waals surface area contributed by atoms with Gasteiger partial charge in [-0.15, -0.1) is 0 Å². The summed E-state index contributed by atoms with van der Waals surface area (Å²) >= 11 is 0. The monoisotopic (exact) mass is 177 g/mol. The molecule has 0 fully saturated rings. The van der Waals surface area contributed by atoms with Crippen molar-refractivity contribution in [3.05, 3.63) is 24.0 Å². The molecule has 0 amide bonds. The van der Waals surface area contributed by atoms with E-state index in [0.29, 0.717) is 11.6 Å². The highest BCUT2D eigenvalue weighted by Crippen LogP contribution is 2.00. The van der Waals surface area contributed by atoms with Crippen molar-refractivity contribution in [2.45, 2.75) is 20.0 Å². The molecule has 0 aromatic carbocycles. The van der Waals surface area contributed by atoms with Crippen molar-refractivity contribution in [3.8, 4) is 6.07 Å². The molecule has 1 aliphatic heterocycles. The zero-order valence-corrected chi connectivity index (χ0v) is 7.61. The molecule has 4 nitrogen and oxygen atoms in total. The van der Waals surface area contributed by atoms with E-state index in [1.807, 2.05) is 19.9 Å². The minimum Gasteiger partial charge on any atom is -0.462 e. The lowest BCUT2D eigenvalue weighted by Crippen LogP contribution is -2.23. The van der Waals surface area contributed by atoms with Crippen molar-refractivity contribution in [2.75, 3.05) is 0 Å². The quantitative estimate of drug-likeness (QED) is 0.656. The van der Waals surface area contributed by atoms with Gasteiger partial charge < -0.3 is 10.1 Å². The van der Waals surface area contributed by atoms with Crippen LogP contribution in [0.4, 0.5) is 0 Å². The fourth-order valence-electron chi connectivity index (χ4n) is 0.765. The van der Waals surface area contributed by atoms with Gasteiger partial charge in [-0.3, -0.25) is 0 Å². The third-order valence-corrected chi connectivity index (χ3v) is 1.27. The van der Waals surface area contributed by atoms with Crippen molar-refractivity contribution in [1.82, 2.24) is 5.32 Å². The molecule has 1 N–H and O–H groups in total. The molecule has 0 radical (unpaired) electrons. The van der Waals surface area contributed by atoms with Crippen LogP contribution in [0.25, 0.3) is 0 Å². The van der Waals surface area contributed by atoms with Gasteiger partial charge in [0.2, 0.25) is 0 Å². The highest BCUT2D eigenvalue weighted by molar-refractivity contribution is 5.76. The van der Waals surface area contributed by atoms with Crippen molar-refractivity contribution in [2.24, 2.45) is 4.99 Å². The van der Waals surface area contributed by atoms with Gasteiger partial charge in [0.15, 0.2) is 0 Å². The maximum atomic E-state index is 8.58. The summed E-state index contributed by atoms with van der Waals surface area (Å²) in [5.74, 6) is 0. The summed E-state index contributed by atoms with van der Waals surface area (Å²) in [4.78, 5) is 3.95. The topological polar surface area (TPSA) is 57.4 Å². The summed E-state index contributed by atoms with van der Waals surface area (Å²) in [7, 11) is 0. The van der Waals surface area contributed by atoms with Gasteiger partial charge in [-0.25, -0.2) is 4.99 Å². The van der Waals surface area contributed by atoms with Crippen LogP contribution in [0.15, 0.2) is 29.0 Å². The van der Waals surface area contributed by atoms with Gasteiger partial charge >= 0.3 is 0 Å². The average molecular weight is 177 g/mol. The number of hydrogen-bond donors (Lipinski definition) is 1. The van der Waals surface area contributed by atoms with E-state index in [2.05, 4.69) is 10.3 Å². The Morgan fingerprint density at radius 3 is 3.00 bits per heavy atom. The van der Waals surface area contributed by atoms with E-state index in [1.54, 1.807) is 12.3 Å². The van der Waals surface area contributed by atoms with Crippen LogP contribution in [-0.2, 0) is 4.74 Å². The Morgan fingerprint density at radius 2 is 2.38 bits per heavy atom. The Morgan fingerprint density at radius 1 is 1.62 bits per heavy atom. The maximum Gasteiger partial charge on any atom is 0.293 e. The molecule has 0 unspecified atom stereocenters. The van der Waals surface area contributed by atoms with Crippen molar-refractivity contribution in [1.29, 1.82) is 5.26 Å². The van der Waals surface area contributed by atoms with Gasteiger partial charge in [-0.05, 0) is 19.9 Å². The first-order chi connectivity index (χ1) is 6.22. The number of hydrogen-bond acceptors (Lipinski definition) is 4. The number of ether oxygens (including phenoxy) is 1. The van der Waals surface area contributed by atoms with Crippen LogP contribution >= 0.6 is 0 Å². The molecule has 0 spiro atoms. The molecule has 0 aromatic heterocycles. The van der Waals surface area contributed by atoms with Crippen molar-refractivity contribution in [3.63, 3.8) is 0 Å². The highest BCUT2D eigenvalue weighted by atomic mass is 16.5. The number of amidine groups is 1. The van der Waals surface area contributed by atoms with Crippen LogP contribution in [0, 0.1) is 11.3 Å². The van der Waals surface area contributed by atoms with E-state index in [9.17, 15) is 0 Å². The molecule has 0 bridgehead atoms. The lowest BCUT2D eigenvalue weighted by atomic mass is 10.3. The summed E-state index contributed by atoms with van der Waals surface area (Å²) in [6, 6.07) is 2.40. The molecule has 0 atom stereocenters. The van der Waals surface area contributed by atoms with E-state index in [1.165, 1.54) is 6.20 Å². The molecule has 1 rings (SSSR count). The third kappa shape index (κ3) is 2.99. The largest absolute Gasteiger partial charge is 0.462 e. The standard InChI is InChI=1S/C9H11N3O/c1-7(2)13-9-11-4-3-8(5-10)6-12-9/h3-4,6-7H,1-2H3,(H,11,12). The second-order valence-electron chi connectivity index (χ2n) is 2.77. The summed E-state index contributed by atoms with van der Waals surface area (Å²) < 4.78 is 5.30. The molecule has 0 saturated heterocycles. The fourth-order valence-corrected chi connectivity index (χ4v) is 0.765. The van der Waals surface area contributed by atoms with E-state index in [-0.39, 0.29) is 6.10 Å². The van der Waals surface area contributed by atoms with Gasteiger partial charge in [0.25, 0.3) is 6.02 Å². The van der Waals surface area contributed by atoms with Crippen LogP contribution in [0.5, 0.6) is 0 Å². The zero-order chi connectivity index (χ0) is 9.68. The minimum absolute atomic E-state index is 0.0664. The predicted molar refractivity (Wildman–Crippen MR) is 49.6 cm³/mol. The molecule has 68 valence electrons. The lowest BCUT2D eigenvalue weighted by molar-refractivity contribution is 0.220. The SMILES string of the molecule is CC(C)OC1=NC=C(C#N)C=CN1. The van der Waals surface area contributed by atoms with Crippen LogP contribution in [-0.4, -0.2) is 12.1 Å². The molecule has 4 heteroatoms. The van der Waals surface area contributed by atoms with Crippen LogP contribution in [0.2, 0.25) is 0 Å². The fraction of sp³-hybridized carbons (Fsp3) is 0.333. The number of aliphatic imine (C=N–C) groups is 1. The van der Waals surface area contributed by atoms with E-state index in [0.717, 1.165) is 0 Å². The van der Waals surface area contributed by atoms with Gasteiger partial charge in [-0.2, -0.15) is 5.26 Å². The van der Waals surface area contributed by atoms with Crippen molar-refractivity contribution >= 4 is 6.02 Å². The number of nitrogens with zero attached hydrogens (tertiary/aromatic N) is 2. The number of nitriles is 1. The molecule has 1 aliphatic rings. The Labute approximate surface area is 77.2 Å². The summed E-state index contributed by atoms with van der Waals surface area (Å²) in [6.45, 7) is 3.82. The highest BCUT2D eigenvalue weighted by Gasteiger charge is 2.02. The molecule has 13 heavy (non-hydrogen) atoms. The first-order valence-corrected chi connectivity index (χ1v) is 4.00. The zero-order valence-electron chi connectivity index (χ0n) is 7.61. The lowest BCUT2D eigenvalue weighted by Gasteiger charge is -2.09. The second-order valence-corrected chi connectivity index (χ2v) is 2.77. The van der Waals surface area contributed by atoms with Crippen LogP contribution in [0.1, 0.15) is 13.8 Å².